The van der Waals surface area contributed by atoms with Crippen molar-refractivity contribution >= 4 is 16.9 Å². The Hall–Kier alpha value is -2.73. The van der Waals surface area contributed by atoms with Crippen molar-refractivity contribution in [3.63, 3.8) is 0 Å². The number of fused-ring (bicyclic) bond motifs is 1. The zero-order chi connectivity index (χ0) is 19.0. The van der Waals surface area contributed by atoms with Gasteiger partial charge in [-0.3, -0.25) is 4.79 Å². The monoisotopic (exact) mass is 363 g/mol. The predicted molar refractivity (Wildman–Crippen MR) is 107 cm³/mol. The Bertz CT molecular complexity index is 955. The number of carbonyl (C=O) groups excluding carboxylic acids is 1. The minimum absolute atomic E-state index is 0.0657. The van der Waals surface area contributed by atoms with Gasteiger partial charge >= 0.3 is 0 Å². The molecule has 0 spiro atoms. The molecule has 1 aliphatic heterocycles. The minimum Gasteiger partial charge on any atom is -0.336 e. The second-order valence-corrected chi connectivity index (χ2v) is 7.44. The highest BCUT2D eigenvalue weighted by atomic mass is 16.2. The summed E-state index contributed by atoms with van der Waals surface area (Å²) in [5.41, 5.74) is 3.27. The van der Waals surface area contributed by atoms with Crippen LogP contribution in [0, 0.1) is 0 Å². The van der Waals surface area contributed by atoms with E-state index in [1.807, 2.05) is 46.0 Å². The van der Waals surface area contributed by atoms with Gasteiger partial charge in [0.2, 0.25) is 0 Å². The van der Waals surface area contributed by atoms with Gasteiger partial charge in [0.15, 0.2) is 5.65 Å². The van der Waals surface area contributed by atoms with E-state index in [1.165, 1.54) is 0 Å². The van der Waals surface area contributed by atoms with Gasteiger partial charge in [-0.05, 0) is 27.0 Å². The highest BCUT2D eigenvalue weighted by molar-refractivity contribution is 6.06. The first-order chi connectivity index (χ1) is 13.0. The lowest BCUT2D eigenvalue weighted by molar-refractivity contribution is 0.0666. The summed E-state index contributed by atoms with van der Waals surface area (Å²) in [6.07, 6.45) is 1.78. The average molecular weight is 363 g/mol. The van der Waals surface area contributed by atoms with Crippen molar-refractivity contribution < 1.29 is 4.79 Å². The van der Waals surface area contributed by atoms with Crippen molar-refractivity contribution in [3.05, 3.63) is 48.2 Å². The molecular formula is C21H25N5O. The van der Waals surface area contributed by atoms with Crippen LogP contribution >= 0.6 is 0 Å². The average Bonchev–Trinajstić information content (AvgIpc) is 3.12. The molecule has 0 bridgehead atoms. The highest BCUT2D eigenvalue weighted by Gasteiger charge is 2.24. The standard InChI is InChI=1S/C21H25N5O/c1-15(2)26-20-18(14-22-26)17(21(27)25-11-9-24(3)10-12-25)13-19(23-20)16-7-5-4-6-8-16/h4-8,13-15H,9-12H2,1-3H3. The number of amides is 1. The van der Waals surface area contributed by atoms with Crippen LogP contribution < -0.4 is 0 Å². The van der Waals surface area contributed by atoms with Gasteiger partial charge in [0.1, 0.15) is 0 Å². The Morgan fingerprint density at radius 2 is 1.78 bits per heavy atom. The van der Waals surface area contributed by atoms with Crippen molar-refractivity contribution in [2.75, 3.05) is 33.2 Å². The van der Waals surface area contributed by atoms with Crippen LogP contribution in [0.3, 0.4) is 0 Å². The maximum atomic E-state index is 13.3. The fourth-order valence-electron chi connectivity index (χ4n) is 3.51. The molecule has 0 radical (unpaired) electrons. The molecule has 0 atom stereocenters. The lowest BCUT2D eigenvalue weighted by atomic mass is 10.1. The van der Waals surface area contributed by atoms with Crippen LogP contribution in [0.4, 0.5) is 0 Å². The number of piperazine rings is 1. The normalized spacial score (nSPS) is 15.6. The van der Waals surface area contributed by atoms with Gasteiger partial charge in [0, 0.05) is 37.8 Å². The van der Waals surface area contributed by atoms with E-state index in [0.717, 1.165) is 48.5 Å². The molecule has 1 saturated heterocycles. The van der Waals surface area contributed by atoms with Crippen LogP contribution in [-0.4, -0.2) is 63.7 Å². The molecule has 0 unspecified atom stereocenters. The molecule has 2 aromatic heterocycles. The molecular weight excluding hydrogens is 338 g/mol. The molecule has 3 heterocycles. The van der Waals surface area contributed by atoms with Crippen LogP contribution in [0.2, 0.25) is 0 Å². The first-order valence-corrected chi connectivity index (χ1v) is 9.46. The molecule has 6 nitrogen and oxygen atoms in total. The van der Waals surface area contributed by atoms with Crippen molar-refractivity contribution in [1.82, 2.24) is 24.6 Å². The third-order valence-electron chi connectivity index (χ3n) is 5.15. The molecule has 0 saturated carbocycles. The largest absolute Gasteiger partial charge is 0.336 e. The number of benzene rings is 1. The number of nitrogens with zero attached hydrogens (tertiary/aromatic N) is 5. The Kier molecular flexibility index (Phi) is 4.66. The number of rotatable bonds is 3. The van der Waals surface area contributed by atoms with Gasteiger partial charge in [-0.15, -0.1) is 0 Å². The smallest absolute Gasteiger partial charge is 0.254 e. The van der Waals surface area contributed by atoms with Crippen molar-refractivity contribution in [1.29, 1.82) is 0 Å². The first kappa shape index (κ1) is 17.7. The summed E-state index contributed by atoms with van der Waals surface area (Å²) in [4.78, 5) is 22.4. The highest BCUT2D eigenvalue weighted by Crippen LogP contribution is 2.27. The number of carbonyl (C=O) groups is 1. The summed E-state index contributed by atoms with van der Waals surface area (Å²) in [6, 6.07) is 12.1. The fourth-order valence-corrected chi connectivity index (χ4v) is 3.51. The van der Waals surface area contributed by atoms with Crippen molar-refractivity contribution in [2.24, 2.45) is 0 Å². The first-order valence-electron chi connectivity index (χ1n) is 9.46. The van der Waals surface area contributed by atoms with E-state index in [2.05, 4.69) is 30.9 Å². The van der Waals surface area contributed by atoms with E-state index in [0.29, 0.717) is 5.56 Å². The summed E-state index contributed by atoms with van der Waals surface area (Å²) in [5.74, 6) is 0.0657. The molecule has 1 amide bonds. The third-order valence-corrected chi connectivity index (χ3v) is 5.15. The molecule has 27 heavy (non-hydrogen) atoms. The third kappa shape index (κ3) is 3.32. The number of aromatic nitrogens is 3. The number of hydrogen-bond acceptors (Lipinski definition) is 4. The maximum absolute atomic E-state index is 13.3. The van der Waals surface area contributed by atoms with E-state index in [9.17, 15) is 4.79 Å². The van der Waals surface area contributed by atoms with Crippen LogP contribution in [0.15, 0.2) is 42.6 Å². The van der Waals surface area contributed by atoms with Crippen LogP contribution in [0.25, 0.3) is 22.3 Å². The van der Waals surface area contributed by atoms with E-state index in [4.69, 9.17) is 4.98 Å². The molecule has 0 aliphatic carbocycles. The van der Waals surface area contributed by atoms with Gasteiger partial charge in [0.05, 0.1) is 22.8 Å². The summed E-state index contributed by atoms with van der Waals surface area (Å²) < 4.78 is 1.89. The molecule has 0 N–H and O–H groups in total. The minimum atomic E-state index is 0.0657. The summed E-state index contributed by atoms with van der Waals surface area (Å²) >= 11 is 0. The van der Waals surface area contributed by atoms with Crippen LogP contribution in [0.1, 0.15) is 30.2 Å². The molecule has 1 aromatic carbocycles. The quantitative estimate of drug-likeness (QED) is 0.718. The van der Waals surface area contributed by atoms with Crippen molar-refractivity contribution in [3.8, 4) is 11.3 Å². The topological polar surface area (TPSA) is 54.3 Å². The fraction of sp³-hybridized carbons (Fsp3) is 0.381. The Labute approximate surface area is 159 Å². The van der Waals surface area contributed by atoms with E-state index in [-0.39, 0.29) is 11.9 Å². The lowest BCUT2D eigenvalue weighted by Gasteiger charge is -2.32. The zero-order valence-electron chi connectivity index (χ0n) is 16.1. The molecule has 140 valence electrons. The van der Waals surface area contributed by atoms with Crippen LogP contribution in [0.5, 0.6) is 0 Å². The Morgan fingerprint density at radius 1 is 1.07 bits per heavy atom. The van der Waals surface area contributed by atoms with Gasteiger partial charge in [-0.1, -0.05) is 30.3 Å². The number of hydrogen-bond donors (Lipinski definition) is 0. The zero-order valence-corrected chi connectivity index (χ0v) is 16.1. The molecule has 3 aromatic rings. The van der Waals surface area contributed by atoms with E-state index >= 15 is 0 Å². The van der Waals surface area contributed by atoms with Crippen LogP contribution in [-0.2, 0) is 0 Å². The Morgan fingerprint density at radius 3 is 2.44 bits per heavy atom. The lowest BCUT2D eigenvalue weighted by Crippen LogP contribution is -2.47. The predicted octanol–water partition coefficient (Wildman–Crippen LogP) is 3.07. The van der Waals surface area contributed by atoms with Gasteiger partial charge in [-0.2, -0.15) is 5.10 Å². The van der Waals surface area contributed by atoms with Gasteiger partial charge < -0.3 is 9.80 Å². The summed E-state index contributed by atoms with van der Waals surface area (Å²) in [5, 5.41) is 5.33. The molecule has 4 rings (SSSR count). The molecule has 6 heteroatoms. The van der Waals surface area contributed by atoms with Crippen molar-refractivity contribution in [2.45, 2.75) is 19.9 Å². The Balaban J connectivity index is 1.84. The second-order valence-electron chi connectivity index (χ2n) is 7.44. The van der Waals surface area contributed by atoms with Gasteiger partial charge in [0.25, 0.3) is 5.91 Å². The van der Waals surface area contributed by atoms with E-state index < -0.39 is 0 Å². The maximum Gasteiger partial charge on any atom is 0.254 e. The summed E-state index contributed by atoms with van der Waals surface area (Å²) in [6.45, 7) is 7.44. The summed E-state index contributed by atoms with van der Waals surface area (Å²) in [7, 11) is 2.09. The van der Waals surface area contributed by atoms with Gasteiger partial charge in [-0.25, -0.2) is 9.67 Å². The van der Waals surface area contributed by atoms with E-state index in [1.54, 1.807) is 6.20 Å². The molecule has 1 fully saturated rings. The number of likely N-dealkylation sites (N-methyl/N-ethyl adjacent to an activating group) is 1. The SMILES string of the molecule is CC(C)n1ncc2c(C(=O)N3CCN(C)CC3)cc(-c3ccccc3)nc21. The number of pyridine rings is 1. The molecule has 1 aliphatic rings. The second kappa shape index (κ2) is 7.12.